The molecule has 9 heavy (non-hydrogen) atoms. The zero-order valence-corrected chi connectivity index (χ0v) is 7.88. The van der Waals surface area contributed by atoms with Crippen molar-refractivity contribution in [2.75, 3.05) is 13.2 Å². The molecule has 0 fully saturated rings. The number of aliphatic hydroxyl groups excluding tert-OH is 1. The second kappa shape index (κ2) is 5.82. The maximum Gasteiger partial charge on any atom is 1.00 e. The maximum atomic E-state index is 9.64. The van der Waals surface area contributed by atoms with Gasteiger partial charge in [-0.25, -0.2) is 0 Å². The molecule has 0 aromatic heterocycles. The van der Waals surface area contributed by atoms with Crippen LogP contribution in [0.15, 0.2) is 0 Å². The van der Waals surface area contributed by atoms with E-state index < -0.39 is 21.0 Å². The molecule has 0 heterocycles. The summed E-state index contributed by atoms with van der Waals surface area (Å²) < 4.78 is 13.3. The minimum Gasteiger partial charge on any atom is -0.756 e. The number of phosphoric ester groups is 1. The van der Waals surface area contributed by atoms with Crippen LogP contribution in [0.25, 0.3) is 0 Å². The molecule has 0 rings (SSSR count). The molecule has 0 spiro atoms. The van der Waals surface area contributed by atoms with Crippen molar-refractivity contribution in [3.05, 3.63) is 0 Å². The molecule has 0 radical (unpaired) electrons. The normalized spacial score (nSPS) is 15.9. The quantitative estimate of drug-likeness (QED) is 0.324. The summed E-state index contributed by atoms with van der Waals surface area (Å²) in [4.78, 5) is 17.5. The fraction of sp³-hybridized carbons (Fsp3) is 1.00. The number of phosphoric acid groups is 1. The van der Waals surface area contributed by atoms with Crippen LogP contribution in [0.5, 0.6) is 0 Å². The van der Waals surface area contributed by atoms with E-state index in [1.54, 1.807) is 0 Å². The van der Waals surface area contributed by atoms with Crippen LogP contribution in [0.1, 0.15) is 0 Å². The summed E-state index contributed by atoms with van der Waals surface area (Å²) in [7, 11) is -4.59. The van der Waals surface area contributed by atoms with Crippen molar-refractivity contribution < 1.29 is 53.5 Å². The van der Waals surface area contributed by atoms with Crippen LogP contribution in [0.3, 0.4) is 0 Å². The van der Waals surface area contributed by atoms with Gasteiger partial charge in [0.1, 0.15) is 0 Å². The third-order valence-electron chi connectivity index (χ3n) is 0.346. The number of rotatable bonds is 3. The zero-order chi connectivity index (χ0) is 6.62. The van der Waals surface area contributed by atoms with Crippen LogP contribution in [-0.2, 0) is 9.09 Å². The Morgan fingerprint density at radius 1 is 1.67 bits per heavy atom. The van der Waals surface area contributed by atoms with Gasteiger partial charge in [0, 0.05) is 0 Å². The summed E-state index contributed by atoms with van der Waals surface area (Å²) in [5.74, 6) is 0. The van der Waals surface area contributed by atoms with Gasteiger partial charge >= 0.3 is 29.6 Å². The van der Waals surface area contributed by atoms with Gasteiger partial charge in [0.15, 0.2) is 0 Å². The summed E-state index contributed by atoms with van der Waals surface area (Å²) in [6.45, 7) is -0.815. The van der Waals surface area contributed by atoms with E-state index in [0.717, 1.165) is 0 Å². The summed E-state index contributed by atoms with van der Waals surface area (Å²) in [5.41, 5.74) is 0. The van der Waals surface area contributed by atoms with Crippen LogP contribution >= 0.6 is 7.82 Å². The molecule has 0 aliphatic rings. The fourth-order valence-electron chi connectivity index (χ4n) is 0.156. The van der Waals surface area contributed by atoms with Crippen molar-refractivity contribution in [2.24, 2.45) is 0 Å². The van der Waals surface area contributed by atoms with Crippen molar-refractivity contribution in [3.8, 4) is 0 Å². The predicted molar refractivity (Wildman–Crippen MR) is 22.9 cm³/mol. The Morgan fingerprint density at radius 2 is 2.11 bits per heavy atom. The molecule has 0 aromatic carbocycles. The van der Waals surface area contributed by atoms with Crippen LogP contribution < -0.4 is 34.5 Å². The van der Waals surface area contributed by atoms with Crippen LogP contribution in [-0.4, -0.2) is 23.2 Å². The van der Waals surface area contributed by atoms with Gasteiger partial charge < -0.3 is 19.4 Å². The summed E-state index contributed by atoms with van der Waals surface area (Å²) in [6.07, 6.45) is 0. The van der Waals surface area contributed by atoms with Crippen LogP contribution in [0, 0.1) is 0 Å². The first-order valence-electron chi connectivity index (χ1n) is 1.85. The van der Waals surface area contributed by atoms with Crippen molar-refractivity contribution in [1.29, 1.82) is 0 Å². The smallest absolute Gasteiger partial charge is 0.756 e. The molecule has 1 unspecified atom stereocenters. The first-order chi connectivity index (χ1) is 3.56. The van der Waals surface area contributed by atoms with Crippen molar-refractivity contribution >= 4 is 7.82 Å². The third-order valence-corrected chi connectivity index (χ3v) is 0.855. The fourth-order valence-corrected chi connectivity index (χ4v) is 0.469. The number of hydrogen-bond donors (Lipinski definition) is 2. The van der Waals surface area contributed by atoms with Gasteiger partial charge in [0.25, 0.3) is 7.82 Å². The van der Waals surface area contributed by atoms with Crippen LogP contribution in [0.4, 0.5) is 0 Å². The van der Waals surface area contributed by atoms with Crippen molar-refractivity contribution in [2.45, 2.75) is 0 Å². The third kappa shape index (κ3) is 12.3. The molecule has 0 amide bonds. The molecular weight excluding hydrogens is 158 g/mol. The Labute approximate surface area is 74.6 Å². The van der Waals surface area contributed by atoms with E-state index in [9.17, 15) is 9.46 Å². The van der Waals surface area contributed by atoms with Gasteiger partial charge in [-0.3, -0.25) is 4.57 Å². The molecule has 50 valence electrons. The van der Waals surface area contributed by atoms with E-state index in [0.29, 0.717) is 0 Å². The van der Waals surface area contributed by atoms with E-state index >= 15 is 0 Å². The van der Waals surface area contributed by atoms with E-state index in [4.69, 9.17) is 10.00 Å². The molecule has 5 nitrogen and oxygen atoms in total. The van der Waals surface area contributed by atoms with E-state index in [1.807, 2.05) is 0 Å². The number of hydrogen-bond acceptors (Lipinski definition) is 4. The van der Waals surface area contributed by atoms with Gasteiger partial charge in [-0.15, -0.1) is 0 Å². The SMILES string of the molecule is O=P([O-])(O)OCCO.[Na+]. The summed E-state index contributed by atoms with van der Waals surface area (Å²) >= 11 is 0. The molecule has 0 saturated heterocycles. The molecule has 0 saturated carbocycles. The first kappa shape index (κ1) is 12.7. The van der Waals surface area contributed by atoms with E-state index in [2.05, 4.69) is 4.52 Å². The Balaban J connectivity index is 0. The van der Waals surface area contributed by atoms with Gasteiger partial charge in [-0.2, -0.15) is 0 Å². The van der Waals surface area contributed by atoms with Gasteiger partial charge in [-0.05, 0) is 0 Å². The van der Waals surface area contributed by atoms with E-state index in [1.165, 1.54) is 0 Å². The second-order valence-electron chi connectivity index (χ2n) is 1.03. The Morgan fingerprint density at radius 3 is 2.22 bits per heavy atom. The topological polar surface area (TPSA) is 89.8 Å². The molecule has 0 aliphatic carbocycles. The molecule has 2 N–H and O–H groups in total. The van der Waals surface area contributed by atoms with Crippen LogP contribution in [0.2, 0.25) is 0 Å². The molecule has 0 aromatic rings. The predicted octanol–water partition coefficient (Wildman–Crippen LogP) is -4.54. The Bertz CT molecular complexity index is 99.1. The zero-order valence-electron chi connectivity index (χ0n) is 4.98. The molecule has 1 atom stereocenters. The van der Waals surface area contributed by atoms with Gasteiger partial charge in [0.05, 0.1) is 13.2 Å². The average Bonchev–Trinajstić information content (AvgIpc) is 1.59. The summed E-state index contributed by atoms with van der Waals surface area (Å²) in [6, 6.07) is 0. The molecule has 0 bridgehead atoms. The first-order valence-corrected chi connectivity index (χ1v) is 3.35. The maximum absolute atomic E-state index is 9.64. The Kier molecular flexibility index (Phi) is 8.23. The molecule has 0 aliphatic heterocycles. The molecule has 7 heteroatoms. The standard InChI is InChI=1S/C2H7O5P.Na/c3-1-2-7-8(4,5)6;/h3H,1-2H2,(H2,4,5,6);/q;+1/p-1. The molecular formula is C2H6NaO5P. The van der Waals surface area contributed by atoms with E-state index in [-0.39, 0.29) is 29.6 Å². The average molecular weight is 164 g/mol. The van der Waals surface area contributed by atoms with Crippen molar-refractivity contribution in [1.82, 2.24) is 0 Å². The second-order valence-corrected chi connectivity index (χ2v) is 2.22. The monoisotopic (exact) mass is 164 g/mol. The minimum atomic E-state index is -4.59. The largest absolute Gasteiger partial charge is 1.00 e. The minimum absolute atomic E-state index is 0. The Hall–Kier alpha value is 1.07. The number of aliphatic hydroxyl groups is 1. The van der Waals surface area contributed by atoms with Gasteiger partial charge in [-0.1, -0.05) is 0 Å². The van der Waals surface area contributed by atoms with Crippen molar-refractivity contribution in [3.63, 3.8) is 0 Å². The van der Waals surface area contributed by atoms with Gasteiger partial charge in [0.2, 0.25) is 0 Å². The summed E-state index contributed by atoms with van der Waals surface area (Å²) in [5, 5.41) is 7.93.